The van der Waals surface area contributed by atoms with Gasteiger partial charge < -0.3 is 19.7 Å². The van der Waals surface area contributed by atoms with Crippen LogP contribution in [0.2, 0.25) is 0 Å². The molecule has 29 heavy (non-hydrogen) atoms. The Morgan fingerprint density at radius 2 is 1.59 bits per heavy atom. The molecule has 0 unspecified atom stereocenters. The molecule has 7 heteroatoms. The molecule has 0 aliphatic rings. The molecule has 0 bridgehead atoms. The number of nitrogens with zero attached hydrogens (tertiary/aromatic N) is 1. The van der Waals surface area contributed by atoms with E-state index in [1.54, 1.807) is 12.1 Å². The molecule has 2 rings (SSSR count). The largest absolute Gasteiger partial charge is 0.490 e. The molecule has 2 aromatic carbocycles. The van der Waals surface area contributed by atoms with Crippen molar-refractivity contribution in [3.63, 3.8) is 0 Å². The average Bonchev–Trinajstić information content (AvgIpc) is 2.69. The second kappa shape index (κ2) is 15.3. The molecule has 0 atom stereocenters. The van der Waals surface area contributed by atoms with Gasteiger partial charge in [-0.2, -0.15) is 0 Å². The zero-order valence-electron chi connectivity index (χ0n) is 17.4. The fourth-order valence-corrected chi connectivity index (χ4v) is 2.90. The number of hydrogen-bond acceptors (Lipinski definition) is 4. The maximum atomic E-state index is 13.9. The molecule has 0 aliphatic heterocycles. The number of para-hydroxylation sites is 1. The summed E-state index contributed by atoms with van der Waals surface area (Å²) in [7, 11) is 0. The molecule has 0 aromatic heterocycles. The van der Waals surface area contributed by atoms with Crippen molar-refractivity contribution < 1.29 is 13.9 Å². The first-order valence-corrected chi connectivity index (χ1v) is 9.73. The van der Waals surface area contributed by atoms with Gasteiger partial charge >= 0.3 is 0 Å². The van der Waals surface area contributed by atoms with E-state index < -0.39 is 0 Å². The summed E-state index contributed by atoms with van der Waals surface area (Å²) in [5.74, 6) is 1.11. The van der Waals surface area contributed by atoms with Crippen molar-refractivity contribution >= 4 is 24.8 Å². The lowest BCUT2D eigenvalue weighted by molar-refractivity contribution is 0.262. The van der Waals surface area contributed by atoms with Crippen LogP contribution in [-0.4, -0.2) is 37.7 Å². The SMILES string of the molecule is CCOc1cccc(CNCCN(CC)CC)c1OCc1ccccc1F.Cl.Cl. The minimum absolute atomic E-state index is 0. The molecule has 0 spiro atoms. The lowest BCUT2D eigenvalue weighted by Gasteiger charge is -2.19. The number of ether oxygens (including phenoxy) is 2. The van der Waals surface area contributed by atoms with E-state index in [1.807, 2.05) is 31.2 Å². The van der Waals surface area contributed by atoms with Gasteiger partial charge in [-0.3, -0.25) is 0 Å². The van der Waals surface area contributed by atoms with Crippen LogP contribution < -0.4 is 14.8 Å². The van der Waals surface area contributed by atoms with Gasteiger partial charge in [-0.1, -0.05) is 44.2 Å². The summed E-state index contributed by atoms with van der Waals surface area (Å²) in [6, 6.07) is 12.5. The van der Waals surface area contributed by atoms with E-state index in [2.05, 4.69) is 24.1 Å². The van der Waals surface area contributed by atoms with Crippen LogP contribution in [-0.2, 0) is 13.2 Å². The molecule has 0 heterocycles. The van der Waals surface area contributed by atoms with Gasteiger partial charge in [-0.25, -0.2) is 4.39 Å². The standard InChI is InChI=1S/C22H31FN2O2.2ClH/c1-4-25(5-2)15-14-24-16-18-11-9-13-21(26-6-3)22(18)27-17-19-10-7-8-12-20(19)23;;/h7-13,24H,4-6,14-17H2,1-3H3;2*1H. The predicted molar refractivity (Wildman–Crippen MR) is 122 cm³/mol. The van der Waals surface area contributed by atoms with Crippen LogP contribution in [0.25, 0.3) is 0 Å². The first-order valence-electron chi connectivity index (χ1n) is 9.73. The summed E-state index contributed by atoms with van der Waals surface area (Å²) in [5.41, 5.74) is 1.54. The van der Waals surface area contributed by atoms with Crippen molar-refractivity contribution in [2.24, 2.45) is 0 Å². The number of hydrogen-bond donors (Lipinski definition) is 1. The van der Waals surface area contributed by atoms with Gasteiger partial charge in [-0.05, 0) is 32.1 Å². The third-order valence-electron chi connectivity index (χ3n) is 4.50. The highest BCUT2D eigenvalue weighted by molar-refractivity contribution is 5.85. The fourth-order valence-electron chi connectivity index (χ4n) is 2.90. The molecule has 0 aliphatic carbocycles. The van der Waals surface area contributed by atoms with Crippen LogP contribution in [0.1, 0.15) is 31.9 Å². The van der Waals surface area contributed by atoms with Gasteiger partial charge in [0, 0.05) is 30.8 Å². The summed E-state index contributed by atoms with van der Waals surface area (Å²) < 4.78 is 25.6. The van der Waals surface area contributed by atoms with E-state index in [1.165, 1.54) is 6.07 Å². The lowest BCUT2D eigenvalue weighted by atomic mass is 10.1. The quantitative estimate of drug-likeness (QED) is 0.461. The highest BCUT2D eigenvalue weighted by Gasteiger charge is 2.12. The minimum atomic E-state index is -0.259. The van der Waals surface area contributed by atoms with Crippen molar-refractivity contribution in [3.8, 4) is 11.5 Å². The van der Waals surface area contributed by atoms with Crippen molar-refractivity contribution in [1.82, 2.24) is 10.2 Å². The fraction of sp³-hybridized carbons (Fsp3) is 0.455. The van der Waals surface area contributed by atoms with Gasteiger partial charge in [0.1, 0.15) is 12.4 Å². The van der Waals surface area contributed by atoms with Crippen molar-refractivity contribution in [3.05, 3.63) is 59.4 Å². The van der Waals surface area contributed by atoms with Gasteiger partial charge in [0.15, 0.2) is 11.5 Å². The normalized spacial score (nSPS) is 10.2. The zero-order chi connectivity index (χ0) is 19.5. The van der Waals surface area contributed by atoms with Crippen LogP contribution in [0.5, 0.6) is 11.5 Å². The molecule has 164 valence electrons. The Hall–Kier alpha value is -1.53. The third kappa shape index (κ3) is 8.79. The minimum Gasteiger partial charge on any atom is -0.490 e. The second-order valence-corrected chi connectivity index (χ2v) is 6.26. The first kappa shape index (κ1) is 27.5. The van der Waals surface area contributed by atoms with Crippen LogP contribution in [0, 0.1) is 5.82 Å². The zero-order valence-corrected chi connectivity index (χ0v) is 19.1. The molecule has 4 nitrogen and oxygen atoms in total. The maximum Gasteiger partial charge on any atom is 0.166 e. The number of halogens is 3. The van der Waals surface area contributed by atoms with Crippen molar-refractivity contribution in [2.75, 3.05) is 32.8 Å². The summed E-state index contributed by atoms with van der Waals surface area (Å²) in [6.45, 7) is 11.7. The number of likely N-dealkylation sites (N-methyl/N-ethyl adjacent to an activating group) is 1. The highest BCUT2D eigenvalue weighted by Crippen LogP contribution is 2.32. The Morgan fingerprint density at radius 1 is 0.897 bits per heavy atom. The van der Waals surface area contributed by atoms with E-state index >= 15 is 0 Å². The molecular weight excluding hydrogens is 414 g/mol. The highest BCUT2D eigenvalue weighted by atomic mass is 35.5. The molecule has 0 saturated carbocycles. The van der Waals surface area contributed by atoms with E-state index in [4.69, 9.17) is 9.47 Å². The monoisotopic (exact) mass is 446 g/mol. The van der Waals surface area contributed by atoms with E-state index in [9.17, 15) is 4.39 Å². The molecule has 2 aromatic rings. The van der Waals surface area contributed by atoms with E-state index in [0.29, 0.717) is 30.2 Å². The van der Waals surface area contributed by atoms with Gasteiger partial charge in [0.05, 0.1) is 6.61 Å². The van der Waals surface area contributed by atoms with Crippen LogP contribution in [0.3, 0.4) is 0 Å². The summed E-state index contributed by atoms with van der Waals surface area (Å²) in [5, 5.41) is 3.47. The van der Waals surface area contributed by atoms with Gasteiger partial charge in [0.2, 0.25) is 0 Å². The van der Waals surface area contributed by atoms with Crippen LogP contribution >= 0.6 is 24.8 Å². The Bertz CT molecular complexity index is 700. The molecule has 0 fully saturated rings. The number of nitrogens with one attached hydrogen (secondary N) is 1. The average molecular weight is 447 g/mol. The van der Waals surface area contributed by atoms with Crippen molar-refractivity contribution in [2.45, 2.75) is 33.9 Å². The number of rotatable bonds is 12. The molecule has 0 amide bonds. The Kier molecular flexibility index (Phi) is 14.5. The van der Waals surface area contributed by atoms with E-state index in [0.717, 1.165) is 31.7 Å². The third-order valence-corrected chi connectivity index (χ3v) is 4.50. The molecular formula is C22H33Cl2FN2O2. The first-order chi connectivity index (χ1) is 13.2. The Morgan fingerprint density at radius 3 is 2.24 bits per heavy atom. The van der Waals surface area contributed by atoms with Gasteiger partial charge in [0.25, 0.3) is 0 Å². The topological polar surface area (TPSA) is 33.7 Å². The van der Waals surface area contributed by atoms with Crippen LogP contribution in [0.4, 0.5) is 4.39 Å². The predicted octanol–water partition coefficient (Wildman–Crippen LogP) is 5.08. The smallest absolute Gasteiger partial charge is 0.166 e. The second-order valence-electron chi connectivity index (χ2n) is 6.26. The maximum absolute atomic E-state index is 13.9. The van der Waals surface area contributed by atoms with E-state index in [-0.39, 0.29) is 37.2 Å². The Balaban J connectivity index is 0.00000392. The number of benzene rings is 2. The van der Waals surface area contributed by atoms with Gasteiger partial charge in [-0.15, -0.1) is 24.8 Å². The summed E-state index contributed by atoms with van der Waals surface area (Å²) in [4.78, 5) is 2.37. The lowest BCUT2D eigenvalue weighted by Crippen LogP contribution is -2.31. The molecule has 0 saturated heterocycles. The van der Waals surface area contributed by atoms with Crippen molar-refractivity contribution in [1.29, 1.82) is 0 Å². The summed E-state index contributed by atoms with van der Waals surface area (Å²) in [6.07, 6.45) is 0. The summed E-state index contributed by atoms with van der Waals surface area (Å²) >= 11 is 0. The molecule has 1 N–H and O–H groups in total. The molecule has 0 radical (unpaired) electrons. The Labute approximate surface area is 186 Å². The van der Waals surface area contributed by atoms with Crippen LogP contribution in [0.15, 0.2) is 42.5 Å².